The van der Waals surface area contributed by atoms with E-state index in [1.165, 1.54) is 12.1 Å². The molecule has 0 aliphatic carbocycles. The lowest BCUT2D eigenvalue weighted by atomic mass is 10.0. The van der Waals surface area contributed by atoms with E-state index in [1.807, 2.05) is 24.3 Å². The molecule has 144 valence electrons. The fraction of sp³-hybridized carbons (Fsp3) is 0.0435. The number of nitrogens with zero attached hydrogens (tertiary/aromatic N) is 1. The van der Waals surface area contributed by atoms with Crippen molar-refractivity contribution in [2.45, 2.75) is 6.54 Å². The largest absolute Gasteiger partial charge is 0.348 e. The number of carbonyl (C=O) groups is 1. The highest BCUT2D eigenvalue weighted by molar-refractivity contribution is 6.36. The van der Waals surface area contributed by atoms with Gasteiger partial charge in [0.05, 0.1) is 21.8 Å². The van der Waals surface area contributed by atoms with Crippen molar-refractivity contribution in [1.29, 1.82) is 0 Å². The molecule has 0 saturated carbocycles. The fourth-order valence-corrected chi connectivity index (χ4v) is 3.58. The van der Waals surface area contributed by atoms with Gasteiger partial charge in [0.25, 0.3) is 5.91 Å². The SMILES string of the molecule is O=C(NCc1ccc(F)cc1)c1cc(-c2ccc(Cl)cc2Cl)nc2ccccc12. The molecule has 6 heteroatoms. The van der Waals surface area contributed by atoms with E-state index in [4.69, 9.17) is 23.2 Å². The Hall–Kier alpha value is -2.95. The minimum Gasteiger partial charge on any atom is -0.348 e. The van der Waals surface area contributed by atoms with Crippen LogP contribution in [0, 0.1) is 5.82 Å². The quantitative estimate of drug-likeness (QED) is 0.418. The Kier molecular flexibility index (Phi) is 5.47. The molecule has 0 radical (unpaired) electrons. The molecule has 1 amide bonds. The molecule has 0 bridgehead atoms. The van der Waals surface area contributed by atoms with Crippen LogP contribution in [0.25, 0.3) is 22.2 Å². The highest BCUT2D eigenvalue weighted by Gasteiger charge is 2.15. The van der Waals surface area contributed by atoms with Crippen LogP contribution in [0.1, 0.15) is 15.9 Å². The number of para-hydroxylation sites is 1. The molecule has 4 rings (SSSR count). The first kappa shape index (κ1) is 19.4. The summed E-state index contributed by atoms with van der Waals surface area (Å²) in [6.07, 6.45) is 0. The van der Waals surface area contributed by atoms with Gasteiger partial charge in [0.15, 0.2) is 0 Å². The van der Waals surface area contributed by atoms with Crippen LogP contribution in [0.2, 0.25) is 10.0 Å². The first-order valence-corrected chi connectivity index (χ1v) is 9.65. The van der Waals surface area contributed by atoms with Gasteiger partial charge in [-0.3, -0.25) is 4.79 Å². The first-order valence-electron chi connectivity index (χ1n) is 8.89. The van der Waals surface area contributed by atoms with E-state index in [0.29, 0.717) is 32.4 Å². The Morgan fingerprint density at radius 1 is 0.966 bits per heavy atom. The van der Waals surface area contributed by atoms with Gasteiger partial charge in [0, 0.05) is 22.5 Å². The maximum Gasteiger partial charge on any atom is 0.252 e. The molecule has 1 aromatic heterocycles. The van der Waals surface area contributed by atoms with Crippen molar-refractivity contribution in [2.24, 2.45) is 0 Å². The van der Waals surface area contributed by atoms with Crippen LogP contribution in [0.15, 0.2) is 72.8 Å². The lowest BCUT2D eigenvalue weighted by molar-refractivity contribution is 0.0952. The molecule has 1 heterocycles. The smallest absolute Gasteiger partial charge is 0.252 e. The summed E-state index contributed by atoms with van der Waals surface area (Å²) in [5.41, 5.74) is 3.24. The number of hydrogen-bond acceptors (Lipinski definition) is 2. The normalized spacial score (nSPS) is 10.9. The highest BCUT2D eigenvalue weighted by atomic mass is 35.5. The first-order chi connectivity index (χ1) is 14.0. The number of nitrogens with one attached hydrogen (secondary N) is 1. The molecule has 0 aliphatic rings. The maximum atomic E-state index is 13.1. The molecule has 1 N–H and O–H groups in total. The molecule has 0 fully saturated rings. The number of amides is 1. The summed E-state index contributed by atoms with van der Waals surface area (Å²) < 4.78 is 13.1. The number of aromatic nitrogens is 1. The van der Waals surface area contributed by atoms with E-state index < -0.39 is 0 Å². The average molecular weight is 425 g/mol. The van der Waals surface area contributed by atoms with Crippen molar-refractivity contribution in [3.63, 3.8) is 0 Å². The minimum atomic E-state index is -0.315. The molecule has 3 nitrogen and oxygen atoms in total. The zero-order chi connectivity index (χ0) is 20.4. The van der Waals surface area contributed by atoms with Crippen LogP contribution in [0.5, 0.6) is 0 Å². The van der Waals surface area contributed by atoms with Crippen LogP contribution in [-0.2, 0) is 6.54 Å². The zero-order valence-electron chi connectivity index (χ0n) is 15.1. The Balaban J connectivity index is 1.72. The molecule has 29 heavy (non-hydrogen) atoms. The molecule has 0 aliphatic heterocycles. The van der Waals surface area contributed by atoms with Crippen LogP contribution in [0.4, 0.5) is 4.39 Å². The zero-order valence-corrected chi connectivity index (χ0v) is 16.6. The number of pyridine rings is 1. The Labute approximate surface area is 177 Å². The highest BCUT2D eigenvalue weighted by Crippen LogP contribution is 2.31. The summed E-state index contributed by atoms with van der Waals surface area (Å²) in [7, 11) is 0. The van der Waals surface area contributed by atoms with Gasteiger partial charge in [-0.15, -0.1) is 0 Å². The predicted octanol–water partition coefficient (Wildman–Crippen LogP) is 6.28. The van der Waals surface area contributed by atoms with E-state index in [2.05, 4.69) is 10.3 Å². The third-order valence-corrected chi connectivity index (χ3v) is 5.08. The third-order valence-electron chi connectivity index (χ3n) is 4.53. The summed E-state index contributed by atoms with van der Waals surface area (Å²) in [4.78, 5) is 17.6. The van der Waals surface area contributed by atoms with Gasteiger partial charge < -0.3 is 5.32 Å². The van der Waals surface area contributed by atoms with E-state index in [9.17, 15) is 9.18 Å². The molecule has 0 spiro atoms. The van der Waals surface area contributed by atoms with Gasteiger partial charge in [-0.25, -0.2) is 9.37 Å². The van der Waals surface area contributed by atoms with Crippen molar-refractivity contribution in [3.8, 4) is 11.3 Å². The maximum absolute atomic E-state index is 13.1. The van der Waals surface area contributed by atoms with Crippen molar-refractivity contribution < 1.29 is 9.18 Å². The average Bonchev–Trinajstić information content (AvgIpc) is 2.72. The molecule has 4 aromatic rings. The van der Waals surface area contributed by atoms with Crippen molar-refractivity contribution in [2.75, 3.05) is 0 Å². The van der Waals surface area contributed by atoms with E-state index in [-0.39, 0.29) is 18.3 Å². The number of halogens is 3. The van der Waals surface area contributed by atoms with Crippen LogP contribution < -0.4 is 5.32 Å². The Morgan fingerprint density at radius 3 is 2.48 bits per heavy atom. The molecular formula is C23H15Cl2FN2O. The lowest BCUT2D eigenvalue weighted by Gasteiger charge is -2.12. The molecule has 0 unspecified atom stereocenters. The van der Waals surface area contributed by atoms with Crippen LogP contribution >= 0.6 is 23.2 Å². The number of rotatable bonds is 4. The molecule has 0 atom stereocenters. The van der Waals surface area contributed by atoms with Gasteiger partial charge in [-0.05, 0) is 48.0 Å². The fourth-order valence-electron chi connectivity index (χ4n) is 3.08. The topological polar surface area (TPSA) is 42.0 Å². The van der Waals surface area contributed by atoms with Gasteiger partial charge in [-0.2, -0.15) is 0 Å². The van der Waals surface area contributed by atoms with E-state index >= 15 is 0 Å². The summed E-state index contributed by atoms with van der Waals surface area (Å²) in [5.74, 6) is -0.566. The van der Waals surface area contributed by atoms with Gasteiger partial charge in [-0.1, -0.05) is 53.5 Å². The second-order valence-electron chi connectivity index (χ2n) is 6.51. The van der Waals surface area contributed by atoms with Crippen LogP contribution in [-0.4, -0.2) is 10.9 Å². The summed E-state index contributed by atoms with van der Waals surface area (Å²) >= 11 is 12.3. The number of carbonyl (C=O) groups excluding carboxylic acids is 1. The van der Waals surface area contributed by atoms with Crippen molar-refractivity contribution >= 4 is 40.0 Å². The lowest BCUT2D eigenvalue weighted by Crippen LogP contribution is -2.23. The summed E-state index contributed by atoms with van der Waals surface area (Å²) in [6, 6.07) is 20.3. The van der Waals surface area contributed by atoms with Gasteiger partial charge in [0.2, 0.25) is 0 Å². The van der Waals surface area contributed by atoms with Gasteiger partial charge >= 0.3 is 0 Å². The third kappa shape index (κ3) is 4.24. The Morgan fingerprint density at radius 2 is 1.72 bits per heavy atom. The van der Waals surface area contributed by atoms with Crippen molar-refractivity contribution in [1.82, 2.24) is 10.3 Å². The summed E-state index contributed by atoms with van der Waals surface area (Å²) in [6.45, 7) is 0.285. The number of hydrogen-bond donors (Lipinski definition) is 1. The molecular weight excluding hydrogens is 410 g/mol. The number of fused-ring (bicyclic) bond motifs is 1. The standard InChI is InChI=1S/C23H15Cl2FN2O/c24-15-7-10-18(20(25)11-15)22-12-19(17-3-1-2-4-21(17)28-22)23(29)27-13-14-5-8-16(26)9-6-14/h1-12H,13H2,(H,27,29). The van der Waals surface area contributed by atoms with E-state index in [1.54, 1.807) is 36.4 Å². The minimum absolute atomic E-state index is 0.251. The Bertz CT molecular complexity index is 1210. The van der Waals surface area contributed by atoms with E-state index in [0.717, 1.165) is 10.9 Å². The second-order valence-corrected chi connectivity index (χ2v) is 7.35. The molecule has 0 saturated heterocycles. The molecule has 3 aromatic carbocycles. The summed E-state index contributed by atoms with van der Waals surface area (Å²) in [5, 5.41) is 4.60. The number of benzene rings is 3. The monoisotopic (exact) mass is 424 g/mol. The predicted molar refractivity (Wildman–Crippen MR) is 115 cm³/mol. The van der Waals surface area contributed by atoms with Gasteiger partial charge in [0.1, 0.15) is 5.82 Å². The second kappa shape index (κ2) is 8.19. The van der Waals surface area contributed by atoms with Crippen molar-refractivity contribution in [3.05, 3.63) is 99.8 Å². The van der Waals surface area contributed by atoms with Crippen LogP contribution in [0.3, 0.4) is 0 Å².